The molecule has 0 aliphatic rings. The highest BCUT2D eigenvalue weighted by Gasteiger charge is 2.23. The summed E-state index contributed by atoms with van der Waals surface area (Å²) in [5.74, 6) is 0.0387. The van der Waals surface area contributed by atoms with E-state index in [1.807, 2.05) is 6.92 Å². The predicted molar refractivity (Wildman–Crippen MR) is 55.3 cm³/mol. The summed E-state index contributed by atoms with van der Waals surface area (Å²) in [6.07, 6.45) is 3.32. The van der Waals surface area contributed by atoms with Gasteiger partial charge in [0.15, 0.2) is 0 Å². The van der Waals surface area contributed by atoms with Crippen LogP contribution in [0.4, 0.5) is 0 Å². The highest BCUT2D eigenvalue weighted by molar-refractivity contribution is 4.75. The van der Waals surface area contributed by atoms with Crippen molar-refractivity contribution in [2.75, 3.05) is 0 Å². The molecule has 0 aromatic heterocycles. The van der Waals surface area contributed by atoms with Crippen molar-refractivity contribution >= 4 is 0 Å². The first-order chi connectivity index (χ1) is 6.17. The molecule has 0 amide bonds. The molecule has 3 unspecified atom stereocenters. The van der Waals surface area contributed by atoms with E-state index in [0.29, 0.717) is 6.42 Å². The van der Waals surface area contributed by atoms with Gasteiger partial charge in [0.05, 0.1) is 12.2 Å². The monoisotopic (exact) mass is 187 g/mol. The van der Waals surface area contributed by atoms with Crippen molar-refractivity contribution in [2.45, 2.75) is 58.2 Å². The molecule has 2 nitrogen and oxygen atoms in total. The molecular formula is C11H23O2. The van der Waals surface area contributed by atoms with Crippen molar-refractivity contribution in [1.82, 2.24) is 0 Å². The van der Waals surface area contributed by atoms with Crippen LogP contribution >= 0.6 is 0 Å². The minimum atomic E-state index is -0.382. The Hall–Kier alpha value is -0.0800. The van der Waals surface area contributed by atoms with Crippen LogP contribution in [-0.4, -0.2) is 22.4 Å². The summed E-state index contributed by atoms with van der Waals surface area (Å²) >= 11 is 0. The third-order valence-corrected chi connectivity index (χ3v) is 2.53. The van der Waals surface area contributed by atoms with Crippen LogP contribution in [0.2, 0.25) is 0 Å². The predicted octanol–water partition coefficient (Wildman–Crippen LogP) is 2.15. The van der Waals surface area contributed by atoms with Crippen LogP contribution in [0.15, 0.2) is 0 Å². The van der Waals surface area contributed by atoms with E-state index in [2.05, 4.69) is 13.8 Å². The zero-order chi connectivity index (χ0) is 10.3. The zero-order valence-electron chi connectivity index (χ0n) is 8.87. The van der Waals surface area contributed by atoms with Gasteiger partial charge in [0.1, 0.15) is 0 Å². The zero-order valence-corrected chi connectivity index (χ0v) is 8.87. The lowest BCUT2D eigenvalue weighted by Gasteiger charge is -2.26. The molecule has 0 aromatic carbocycles. The normalized spacial score (nSPS) is 18.2. The lowest BCUT2D eigenvalue weighted by atomic mass is 9.88. The van der Waals surface area contributed by atoms with E-state index in [9.17, 15) is 10.2 Å². The van der Waals surface area contributed by atoms with Crippen LogP contribution in [0, 0.1) is 12.8 Å². The van der Waals surface area contributed by atoms with Crippen LogP contribution in [0.5, 0.6) is 0 Å². The second-order valence-electron chi connectivity index (χ2n) is 3.64. The molecule has 0 aliphatic heterocycles. The molecule has 0 fully saturated rings. The maximum atomic E-state index is 9.74. The molecule has 3 atom stereocenters. The molecular weight excluding hydrogens is 164 g/mol. The van der Waals surface area contributed by atoms with E-state index in [-0.39, 0.29) is 18.1 Å². The van der Waals surface area contributed by atoms with Gasteiger partial charge in [-0.3, -0.25) is 0 Å². The van der Waals surface area contributed by atoms with Gasteiger partial charge in [0.2, 0.25) is 0 Å². The minimum absolute atomic E-state index is 0.0387. The summed E-state index contributed by atoms with van der Waals surface area (Å²) in [4.78, 5) is 0. The lowest BCUT2D eigenvalue weighted by Crippen LogP contribution is -2.31. The van der Waals surface area contributed by atoms with E-state index < -0.39 is 0 Å². The van der Waals surface area contributed by atoms with Gasteiger partial charge in [-0.15, -0.1) is 0 Å². The number of aliphatic hydroxyl groups is 2. The van der Waals surface area contributed by atoms with Gasteiger partial charge in [-0.25, -0.2) is 0 Å². The molecule has 2 heteroatoms. The highest BCUT2D eigenvalue weighted by atomic mass is 16.3. The molecule has 0 saturated heterocycles. The fraction of sp³-hybridized carbons (Fsp3) is 0.909. The van der Waals surface area contributed by atoms with Crippen molar-refractivity contribution in [3.05, 3.63) is 6.92 Å². The van der Waals surface area contributed by atoms with E-state index in [4.69, 9.17) is 0 Å². The quantitative estimate of drug-likeness (QED) is 0.641. The number of rotatable bonds is 7. The van der Waals surface area contributed by atoms with Crippen LogP contribution < -0.4 is 0 Å². The van der Waals surface area contributed by atoms with Gasteiger partial charge in [-0.2, -0.15) is 0 Å². The van der Waals surface area contributed by atoms with Crippen LogP contribution in [-0.2, 0) is 0 Å². The summed E-state index contributed by atoms with van der Waals surface area (Å²) in [7, 11) is 0. The average Bonchev–Trinajstić information content (AvgIpc) is 2.13. The Balaban J connectivity index is 4.05. The van der Waals surface area contributed by atoms with Crippen molar-refractivity contribution in [3.63, 3.8) is 0 Å². The molecule has 0 rings (SSSR count). The third kappa shape index (κ3) is 4.63. The van der Waals surface area contributed by atoms with E-state index in [1.165, 1.54) is 0 Å². The first-order valence-corrected chi connectivity index (χ1v) is 5.32. The SMILES string of the molecule is [CH2]CCC(O)C(CCC)C(O)CC. The largest absolute Gasteiger partial charge is 0.393 e. The summed E-state index contributed by atoms with van der Waals surface area (Å²) in [6.45, 7) is 7.74. The van der Waals surface area contributed by atoms with Gasteiger partial charge in [0, 0.05) is 5.92 Å². The number of aliphatic hydroxyl groups excluding tert-OH is 2. The topological polar surface area (TPSA) is 40.5 Å². The van der Waals surface area contributed by atoms with Crippen LogP contribution in [0.1, 0.15) is 46.0 Å². The van der Waals surface area contributed by atoms with Gasteiger partial charge >= 0.3 is 0 Å². The Morgan fingerprint density at radius 1 is 1.08 bits per heavy atom. The molecule has 0 aromatic rings. The fourth-order valence-corrected chi connectivity index (χ4v) is 1.70. The van der Waals surface area contributed by atoms with Crippen molar-refractivity contribution < 1.29 is 10.2 Å². The van der Waals surface area contributed by atoms with Gasteiger partial charge in [-0.05, 0) is 19.3 Å². The molecule has 2 N–H and O–H groups in total. The lowest BCUT2D eigenvalue weighted by molar-refractivity contribution is 0.00246. The molecule has 13 heavy (non-hydrogen) atoms. The standard InChI is InChI=1S/C11H23O2/c1-4-7-9(10(12)6-3)11(13)8-5-2/h9-13H,2,4-8H2,1,3H3. The third-order valence-electron chi connectivity index (χ3n) is 2.53. The molecule has 0 saturated carbocycles. The number of hydrogen-bond donors (Lipinski definition) is 2. The first-order valence-electron chi connectivity index (χ1n) is 5.32. The van der Waals surface area contributed by atoms with E-state index in [1.54, 1.807) is 0 Å². The molecule has 79 valence electrons. The molecule has 0 heterocycles. The Kier molecular flexibility index (Phi) is 7.29. The van der Waals surface area contributed by atoms with Crippen molar-refractivity contribution in [1.29, 1.82) is 0 Å². The highest BCUT2D eigenvalue weighted by Crippen LogP contribution is 2.21. The maximum absolute atomic E-state index is 9.74. The van der Waals surface area contributed by atoms with E-state index >= 15 is 0 Å². The second kappa shape index (κ2) is 7.34. The molecule has 0 bridgehead atoms. The number of hydrogen-bond acceptors (Lipinski definition) is 2. The summed E-state index contributed by atoms with van der Waals surface area (Å²) in [5.41, 5.74) is 0. The van der Waals surface area contributed by atoms with Gasteiger partial charge in [0.25, 0.3) is 0 Å². The van der Waals surface area contributed by atoms with Crippen molar-refractivity contribution in [3.8, 4) is 0 Å². The smallest absolute Gasteiger partial charge is 0.0593 e. The minimum Gasteiger partial charge on any atom is -0.393 e. The first kappa shape index (κ1) is 12.9. The Bertz CT molecular complexity index is 115. The summed E-state index contributed by atoms with van der Waals surface area (Å²) in [6, 6.07) is 0. The summed E-state index contributed by atoms with van der Waals surface area (Å²) in [5, 5.41) is 19.4. The average molecular weight is 187 g/mol. The molecule has 0 spiro atoms. The summed E-state index contributed by atoms with van der Waals surface area (Å²) < 4.78 is 0. The Morgan fingerprint density at radius 3 is 2.08 bits per heavy atom. The second-order valence-corrected chi connectivity index (χ2v) is 3.64. The van der Waals surface area contributed by atoms with Crippen LogP contribution in [0.3, 0.4) is 0 Å². The Morgan fingerprint density at radius 2 is 1.69 bits per heavy atom. The molecule has 1 radical (unpaired) electrons. The van der Waals surface area contributed by atoms with E-state index in [0.717, 1.165) is 25.7 Å². The molecule has 0 aliphatic carbocycles. The van der Waals surface area contributed by atoms with Gasteiger partial charge in [-0.1, -0.05) is 33.6 Å². The van der Waals surface area contributed by atoms with Crippen molar-refractivity contribution in [2.24, 2.45) is 5.92 Å². The fourth-order valence-electron chi connectivity index (χ4n) is 1.70. The van der Waals surface area contributed by atoms with Crippen LogP contribution in [0.25, 0.3) is 0 Å². The van der Waals surface area contributed by atoms with Gasteiger partial charge < -0.3 is 10.2 Å². The Labute approximate surface area is 82.0 Å². The maximum Gasteiger partial charge on any atom is 0.0593 e.